The van der Waals surface area contributed by atoms with Crippen LogP contribution in [0.25, 0.3) is 0 Å². The number of carbonyl (C=O) groups excluding carboxylic acids is 4. The van der Waals surface area contributed by atoms with E-state index in [1.165, 1.54) is 16.7 Å². The molecule has 1 aliphatic rings. The van der Waals surface area contributed by atoms with E-state index < -0.39 is 23.9 Å². The number of urea groups is 1. The number of amides is 5. The first-order valence-corrected chi connectivity index (χ1v) is 11.6. The lowest BCUT2D eigenvalue weighted by Crippen LogP contribution is -2.53. The number of carbonyl (C=O) groups is 4. The summed E-state index contributed by atoms with van der Waals surface area (Å²) in [6.45, 7) is 3.91. The van der Waals surface area contributed by atoms with Gasteiger partial charge in [0.2, 0.25) is 17.7 Å². The summed E-state index contributed by atoms with van der Waals surface area (Å²) in [5.74, 6) is -1.08. The molecule has 0 saturated carbocycles. The maximum absolute atomic E-state index is 13.0. The van der Waals surface area contributed by atoms with Crippen molar-refractivity contribution in [3.63, 3.8) is 0 Å². The van der Waals surface area contributed by atoms with Gasteiger partial charge in [-0.15, -0.1) is 0 Å². The number of likely N-dealkylation sites (tertiary alicyclic amines) is 1. The van der Waals surface area contributed by atoms with E-state index in [1.54, 1.807) is 6.26 Å². The predicted octanol–water partition coefficient (Wildman–Crippen LogP) is 0.239. The van der Waals surface area contributed by atoms with Crippen LogP contribution in [0.3, 0.4) is 0 Å². The average molecular weight is 450 g/mol. The minimum atomic E-state index is -0.899. The van der Waals surface area contributed by atoms with Gasteiger partial charge in [-0.05, 0) is 32.1 Å². The molecular weight excluding hydrogens is 418 g/mol. The van der Waals surface area contributed by atoms with Crippen LogP contribution in [0, 0.1) is 0 Å². The van der Waals surface area contributed by atoms with Crippen molar-refractivity contribution in [3.05, 3.63) is 35.9 Å². The van der Waals surface area contributed by atoms with Crippen LogP contribution in [-0.2, 0) is 20.8 Å². The summed E-state index contributed by atoms with van der Waals surface area (Å²) in [5, 5.41) is 8.25. The number of hydrogen-bond acceptors (Lipinski definition) is 5. The minimum Gasteiger partial charge on any atom is -0.368 e. The normalized spacial score (nSPS) is 19.0. The van der Waals surface area contributed by atoms with Gasteiger partial charge in [-0.1, -0.05) is 30.3 Å². The van der Waals surface area contributed by atoms with E-state index >= 15 is 0 Å². The van der Waals surface area contributed by atoms with E-state index in [0.29, 0.717) is 0 Å². The third-order valence-electron chi connectivity index (χ3n) is 4.89. The summed E-state index contributed by atoms with van der Waals surface area (Å²) < 4.78 is 0. The zero-order chi connectivity index (χ0) is 23.0. The fraction of sp³-hybridized carbons (Fsp3) is 0.524. The number of nitrogens with one attached hydrogen (secondary N) is 3. The molecule has 1 heterocycles. The molecule has 0 aromatic heterocycles. The van der Waals surface area contributed by atoms with Gasteiger partial charge in [-0.2, -0.15) is 11.8 Å². The summed E-state index contributed by atoms with van der Waals surface area (Å²) in [5.41, 5.74) is 6.37. The van der Waals surface area contributed by atoms with E-state index in [1.807, 2.05) is 44.2 Å². The molecule has 1 aliphatic heterocycles. The molecule has 170 valence electrons. The third kappa shape index (κ3) is 7.46. The summed E-state index contributed by atoms with van der Waals surface area (Å²) in [6, 6.07) is 6.78. The second kappa shape index (κ2) is 11.6. The first-order chi connectivity index (χ1) is 14.7. The van der Waals surface area contributed by atoms with Crippen LogP contribution in [0.2, 0.25) is 0 Å². The Hall–Kier alpha value is -2.75. The zero-order valence-corrected chi connectivity index (χ0v) is 18.9. The zero-order valence-electron chi connectivity index (χ0n) is 18.1. The second-order valence-corrected chi connectivity index (χ2v) is 8.72. The van der Waals surface area contributed by atoms with Gasteiger partial charge in [0, 0.05) is 19.0 Å². The number of primary amides is 1. The number of rotatable bonds is 9. The average Bonchev–Trinajstić information content (AvgIpc) is 3.11. The Balaban J connectivity index is 2.10. The molecule has 0 spiro atoms. The molecule has 10 heteroatoms. The largest absolute Gasteiger partial charge is 0.368 e. The molecular formula is C21H31N5O4S. The van der Waals surface area contributed by atoms with Crippen LogP contribution in [0.1, 0.15) is 25.8 Å². The van der Waals surface area contributed by atoms with Crippen molar-refractivity contribution in [1.29, 1.82) is 0 Å². The molecule has 1 saturated heterocycles. The smallest absolute Gasteiger partial charge is 0.315 e. The SMILES string of the molecule is CSCC(=O)N1CC(NC(=O)NC(C)C)CC1C(=O)NC(Cc1ccccc1)C(N)=O. The van der Waals surface area contributed by atoms with Crippen LogP contribution >= 0.6 is 11.8 Å². The topological polar surface area (TPSA) is 134 Å². The Kier molecular flexibility index (Phi) is 9.17. The van der Waals surface area contributed by atoms with E-state index in [0.717, 1.165) is 5.56 Å². The van der Waals surface area contributed by atoms with E-state index in [4.69, 9.17) is 5.73 Å². The van der Waals surface area contributed by atoms with Gasteiger partial charge in [0.15, 0.2) is 0 Å². The summed E-state index contributed by atoms with van der Waals surface area (Å²) >= 11 is 1.36. The second-order valence-electron chi connectivity index (χ2n) is 7.85. The highest BCUT2D eigenvalue weighted by atomic mass is 32.2. The quantitative estimate of drug-likeness (QED) is 0.429. The van der Waals surface area contributed by atoms with Crippen LogP contribution in [0.4, 0.5) is 4.79 Å². The molecule has 1 aromatic carbocycles. The number of nitrogens with two attached hydrogens (primary N) is 1. The third-order valence-corrected chi connectivity index (χ3v) is 5.43. The highest BCUT2D eigenvalue weighted by Gasteiger charge is 2.40. The monoisotopic (exact) mass is 449 g/mol. The first-order valence-electron chi connectivity index (χ1n) is 10.2. The van der Waals surface area contributed by atoms with Crippen LogP contribution < -0.4 is 21.7 Å². The molecule has 2 rings (SSSR count). The summed E-state index contributed by atoms with van der Waals surface area (Å²) in [4.78, 5) is 51.1. The van der Waals surface area contributed by atoms with Crippen molar-refractivity contribution >= 4 is 35.5 Å². The molecule has 31 heavy (non-hydrogen) atoms. The molecule has 9 nitrogen and oxygen atoms in total. The molecule has 5 amide bonds. The van der Waals surface area contributed by atoms with Crippen molar-refractivity contribution in [2.75, 3.05) is 18.6 Å². The summed E-state index contributed by atoms with van der Waals surface area (Å²) in [7, 11) is 0. The van der Waals surface area contributed by atoms with Gasteiger partial charge < -0.3 is 26.6 Å². The van der Waals surface area contributed by atoms with E-state index in [2.05, 4.69) is 16.0 Å². The van der Waals surface area contributed by atoms with Crippen LogP contribution in [-0.4, -0.2) is 71.4 Å². The van der Waals surface area contributed by atoms with E-state index in [-0.39, 0.29) is 49.2 Å². The number of thioether (sulfide) groups is 1. The van der Waals surface area contributed by atoms with Gasteiger partial charge in [0.1, 0.15) is 12.1 Å². The first kappa shape index (κ1) is 24.5. The Morgan fingerprint density at radius 1 is 1.16 bits per heavy atom. The lowest BCUT2D eigenvalue weighted by Gasteiger charge is -2.25. The fourth-order valence-corrected chi connectivity index (χ4v) is 3.91. The summed E-state index contributed by atoms with van der Waals surface area (Å²) in [6.07, 6.45) is 2.32. The van der Waals surface area contributed by atoms with Gasteiger partial charge in [-0.3, -0.25) is 14.4 Å². The van der Waals surface area contributed by atoms with Crippen molar-refractivity contribution in [1.82, 2.24) is 20.9 Å². The molecule has 3 unspecified atom stereocenters. The Labute approximate surface area is 186 Å². The van der Waals surface area contributed by atoms with Gasteiger partial charge in [0.25, 0.3) is 0 Å². The fourth-order valence-electron chi connectivity index (χ4n) is 3.50. The lowest BCUT2D eigenvalue weighted by atomic mass is 10.0. The predicted molar refractivity (Wildman–Crippen MR) is 120 cm³/mol. The molecule has 0 aliphatic carbocycles. The van der Waals surface area contributed by atoms with Crippen molar-refractivity contribution in [3.8, 4) is 0 Å². The molecule has 0 radical (unpaired) electrons. The van der Waals surface area contributed by atoms with Crippen molar-refractivity contribution in [2.45, 2.75) is 50.9 Å². The molecule has 1 aromatic rings. The molecule has 5 N–H and O–H groups in total. The Bertz CT molecular complexity index is 789. The maximum atomic E-state index is 13.0. The number of nitrogens with zero attached hydrogens (tertiary/aromatic N) is 1. The van der Waals surface area contributed by atoms with Gasteiger partial charge >= 0.3 is 6.03 Å². The molecule has 1 fully saturated rings. The lowest BCUT2D eigenvalue weighted by molar-refractivity contribution is -0.137. The Morgan fingerprint density at radius 3 is 2.42 bits per heavy atom. The van der Waals surface area contributed by atoms with Crippen LogP contribution in [0.15, 0.2) is 30.3 Å². The van der Waals surface area contributed by atoms with Crippen molar-refractivity contribution in [2.24, 2.45) is 5.73 Å². The maximum Gasteiger partial charge on any atom is 0.315 e. The minimum absolute atomic E-state index is 0.0379. The molecule has 3 atom stereocenters. The Morgan fingerprint density at radius 2 is 1.84 bits per heavy atom. The number of hydrogen-bond donors (Lipinski definition) is 4. The van der Waals surface area contributed by atoms with E-state index in [9.17, 15) is 19.2 Å². The van der Waals surface area contributed by atoms with Crippen LogP contribution in [0.5, 0.6) is 0 Å². The van der Waals surface area contributed by atoms with Crippen molar-refractivity contribution < 1.29 is 19.2 Å². The standard InChI is InChI=1S/C21H31N5O4S/c1-13(2)23-21(30)24-15-10-17(26(11-15)18(27)12-31-3)20(29)25-16(19(22)28)9-14-7-5-4-6-8-14/h4-8,13,15-17H,9-12H2,1-3H3,(H2,22,28)(H,25,29)(H2,23,24,30). The number of benzene rings is 1. The van der Waals surface area contributed by atoms with Gasteiger partial charge in [-0.25, -0.2) is 4.79 Å². The highest BCUT2D eigenvalue weighted by molar-refractivity contribution is 7.99. The molecule has 0 bridgehead atoms. The highest BCUT2D eigenvalue weighted by Crippen LogP contribution is 2.20. The van der Waals surface area contributed by atoms with Gasteiger partial charge in [0.05, 0.1) is 11.8 Å².